The van der Waals surface area contributed by atoms with E-state index in [4.69, 9.17) is 4.74 Å². The van der Waals surface area contributed by atoms with Crippen LogP contribution in [0.1, 0.15) is 15.9 Å². The molecule has 1 aliphatic heterocycles. The zero-order valence-electron chi connectivity index (χ0n) is 15.3. The maximum atomic E-state index is 12.3. The zero-order valence-corrected chi connectivity index (χ0v) is 15.3. The van der Waals surface area contributed by atoms with Crippen molar-refractivity contribution in [3.63, 3.8) is 0 Å². The van der Waals surface area contributed by atoms with Crippen molar-refractivity contribution in [1.29, 1.82) is 0 Å². The van der Waals surface area contributed by atoms with E-state index in [0.717, 1.165) is 25.9 Å². The lowest BCUT2D eigenvalue weighted by Crippen LogP contribution is -2.49. The molecule has 2 aromatic rings. The van der Waals surface area contributed by atoms with E-state index in [0.29, 0.717) is 24.4 Å². The average Bonchev–Trinajstić information content (AvgIpc) is 2.73. The van der Waals surface area contributed by atoms with E-state index >= 15 is 0 Å². The first-order chi connectivity index (χ1) is 13.2. The summed E-state index contributed by atoms with van der Waals surface area (Å²) in [4.78, 5) is 27.1. The third-order valence-electron chi connectivity index (χ3n) is 4.58. The molecule has 0 bridgehead atoms. The maximum absolute atomic E-state index is 12.3. The first kappa shape index (κ1) is 18.9. The Kier molecular flexibility index (Phi) is 6.77. The third kappa shape index (κ3) is 5.79. The van der Waals surface area contributed by atoms with Crippen molar-refractivity contribution in [3.05, 3.63) is 71.8 Å². The van der Waals surface area contributed by atoms with Crippen molar-refractivity contribution in [2.45, 2.75) is 0 Å². The number of amides is 1. The van der Waals surface area contributed by atoms with Gasteiger partial charge in [0.25, 0.3) is 5.91 Å². The van der Waals surface area contributed by atoms with Gasteiger partial charge in [0.1, 0.15) is 12.0 Å². The lowest BCUT2D eigenvalue weighted by molar-refractivity contribution is -0.135. The molecule has 1 saturated heterocycles. The highest BCUT2D eigenvalue weighted by molar-refractivity contribution is 5.78. The van der Waals surface area contributed by atoms with Crippen LogP contribution in [-0.4, -0.2) is 61.3 Å². The van der Waals surface area contributed by atoms with Gasteiger partial charge in [0.15, 0.2) is 6.61 Å². The quantitative estimate of drug-likeness (QED) is 0.709. The van der Waals surface area contributed by atoms with E-state index in [9.17, 15) is 9.59 Å². The van der Waals surface area contributed by atoms with E-state index in [2.05, 4.69) is 29.2 Å². The van der Waals surface area contributed by atoms with E-state index < -0.39 is 0 Å². The molecule has 0 aliphatic carbocycles. The summed E-state index contributed by atoms with van der Waals surface area (Å²) in [6.45, 7) is 4.06. The number of benzene rings is 2. The summed E-state index contributed by atoms with van der Waals surface area (Å²) in [6.07, 6.45) is 5.07. The molecule has 1 heterocycles. The highest BCUT2D eigenvalue weighted by Crippen LogP contribution is 2.12. The van der Waals surface area contributed by atoms with Crippen LogP contribution in [0, 0.1) is 0 Å². The van der Waals surface area contributed by atoms with Crippen molar-refractivity contribution in [2.24, 2.45) is 0 Å². The molecular formula is C22H24N2O3. The molecule has 5 nitrogen and oxygen atoms in total. The topological polar surface area (TPSA) is 49.9 Å². The number of piperazine rings is 1. The van der Waals surface area contributed by atoms with E-state index in [1.165, 1.54) is 5.56 Å². The molecule has 0 N–H and O–H groups in total. The van der Waals surface area contributed by atoms with E-state index in [-0.39, 0.29) is 12.5 Å². The molecule has 3 rings (SSSR count). The fraction of sp³-hybridized carbons (Fsp3) is 0.273. The Morgan fingerprint density at radius 2 is 1.63 bits per heavy atom. The molecule has 140 valence electrons. The lowest BCUT2D eigenvalue weighted by Gasteiger charge is -2.34. The van der Waals surface area contributed by atoms with E-state index in [1.807, 2.05) is 23.1 Å². The molecule has 2 aromatic carbocycles. The predicted octanol–water partition coefficient (Wildman–Crippen LogP) is 2.74. The smallest absolute Gasteiger partial charge is 0.260 e. The first-order valence-corrected chi connectivity index (χ1v) is 9.14. The normalized spacial score (nSPS) is 15.0. The molecule has 1 aliphatic rings. The molecule has 27 heavy (non-hydrogen) atoms. The van der Waals surface area contributed by atoms with Gasteiger partial charge in [-0.2, -0.15) is 0 Å². The summed E-state index contributed by atoms with van der Waals surface area (Å²) in [6, 6.07) is 17.0. The minimum Gasteiger partial charge on any atom is -0.484 e. The number of aldehydes is 1. The highest BCUT2D eigenvalue weighted by Gasteiger charge is 2.20. The van der Waals surface area contributed by atoms with Gasteiger partial charge in [-0.1, -0.05) is 42.5 Å². The minimum atomic E-state index is -0.00561. The number of carbonyl (C=O) groups is 2. The highest BCUT2D eigenvalue weighted by atomic mass is 16.5. The summed E-state index contributed by atoms with van der Waals surface area (Å²) < 4.78 is 5.53. The summed E-state index contributed by atoms with van der Waals surface area (Å²) in [5, 5.41) is 0. The second-order valence-corrected chi connectivity index (χ2v) is 6.47. The Morgan fingerprint density at radius 3 is 2.30 bits per heavy atom. The molecule has 0 aromatic heterocycles. The number of carbonyl (C=O) groups excluding carboxylic acids is 2. The summed E-state index contributed by atoms with van der Waals surface area (Å²) in [7, 11) is 0. The zero-order chi connectivity index (χ0) is 18.9. The molecule has 5 heteroatoms. The SMILES string of the molecule is O=Cc1ccc(OCC(=O)N2CCN(C/C=C/c3ccccc3)CC2)cc1. The standard InChI is InChI=1S/C22H24N2O3/c25-17-20-8-10-21(11-9-20)27-18-22(26)24-15-13-23(14-16-24)12-4-7-19-5-2-1-3-6-19/h1-11,17H,12-16,18H2/b7-4+. The second-order valence-electron chi connectivity index (χ2n) is 6.47. The van der Waals surface area contributed by atoms with Crippen LogP contribution in [0.15, 0.2) is 60.7 Å². The summed E-state index contributed by atoms with van der Waals surface area (Å²) in [5.41, 5.74) is 1.79. The molecule has 1 fully saturated rings. The van der Waals surface area contributed by atoms with Gasteiger partial charge in [-0.15, -0.1) is 0 Å². The average molecular weight is 364 g/mol. The van der Waals surface area contributed by atoms with Crippen LogP contribution >= 0.6 is 0 Å². The number of ether oxygens (including phenoxy) is 1. The predicted molar refractivity (Wildman–Crippen MR) is 106 cm³/mol. The molecule has 0 spiro atoms. The van der Waals surface area contributed by atoms with Crippen LogP contribution in [0.3, 0.4) is 0 Å². The van der Waals surface area contributed by atoms with Crippen molar-refractivity contribution >= 4 is 18.3 Å². The third-order valence-corrected chi connectivity index (χ3v) is 4.58. The van der Waals surface area contributed by atoms with Crippen LogP contribution in [-0.2, 0) is 4.79 Å². The Morgan fingerprint density at radius 1 is 0.926 bits per heavy atom. The number of rotatable bonds is 7. The van der Waals surface area contributed by atoms with Crippen LogP contribution in [0.5, 0.6) is 5.75 Å². The van der Waals surface area contributed by atoms with E-state index in [1.54, 1.807) is 24.3 Å². The number of nitrogens with zero attached hydrogens (tertiary/aromatic N) is 2. The van der Waals surface area contributed by atoms with Crippen LogP contribution in [0.4, 0.5) is 0 Å². The van der Waals surface area contributed by atoms with Gasteiger partial charge in [-0.3, -0.25) is 14.5 Å². The first-order valence-electron chi connectivity index (χ1n) is 9.14. The molecule has 0 atom stereocenters. The number of hydrogen-bond acceptors (Lipinski definition) is 4. The van der Waals surface area contributed by atoms with Crippen molar-refractivity contribution in [2.75, 3.05) is 39.3 Å². The van der Waals surface area contributed by atoms with Crippen molar-refractivity contribution in [1.82, 2.24) is 9.80 Å². The van der Waals surface area contributed by atoms with Gasteiger partial charge in [0, 0.05) is 38.3 Å². The summed E-state index contributed by atoms with van der Waals surface area (Å²) in [5.74, 6) is 0.590. The van der Waals surface area contributed by atoms with Crippen LogP contribution in [0.25, 0.3) is 6.08 Å². The summed E-state index contributed by atoms with van der Waals surface area (Å²) >= 11 is 0. The van der Waals surface area contributed by atoms with Crippen molar-refractivity contribution < 1.29 is 14.3 Å². The monoisotopic (exact) mass is 364 g/mol. The molecule has 1 amide bonds. The lowest BCUT2D eigenvalue weighted by atomic mass is 10.2. The molecule has 0 unspecified atom stereocenters. The van der Waals surface area contributed by atoms with Gasteiger partial charge >= 0.3 is 0 Å². The minimum absolute atomic E-state index is 0.00561. The number of hydrogen-bond donors (Lipinski definition) is 0. The Bertz CT molecular complexity index is 764. The Labute approximate surface area is 159 Å². The van der Waals surface area contributed by atoms with Gasteiger partial charge in [0.05, 0.1) is 0 Å². The van der Waals surface area contributed by atoms with Crippen LogP contribution < -0.4 is 4.74 Å². The van der Waals surface area contributed by atoms with Gasteiger partial charge in [0.2, 0.25) is 0 Å². The molecule has 0 saturated carbocycles. The van der Waals surface area contributed by atoms with Gasteiger partial charge < -0.3 is 9.64 Å². The largest absolute Gasteiger partial charge is 0.484 e. The molecule has 0 radical (unpaired) electrons. The van der Waals surface area contributed by atoms with Gasteiger partial charge in [-0.05, 0) is 29.8 Å². The van der Waals surface area contributed by atoms with Crippen LogP contribution in [0.2, 0.25) is 0 Å². The van der Waals surface area contributed by atoms with Crippen molar-refractivity contribution in [3.8, 4) is 5.75 Å². The fourth-order valence-corrected chi connectivity index (χ4v) is 2.96. The second kappa shape index (κ2) is 9.69. The van der Waals surface area contributed by atoms with Gasteiger partial charge in [-0.25, -0.2) is 0 Å². The molecular weight excluding hydrogens is 340 g/mol. The Hall–Kier alpha value is -2.92. The Balaban J connectivity index is 1.38. The fourth-order valence-electron chi connectivity index (χ4n) is 2.96. The maximum Gasteiger partial charge on any atom is 0.260 e.